The largest absolute Gasteiger partial charge is 0.493 e. The van der Waals surface area contributed by atoms with E-state index >= 15 is 0 Å². The quantitative estimate of drug-likeness (QED) is 0.369. The van der Waals surface area contributed by atoms with Crippen molar-refractivity contribution < 1.29 is 19.1 Å². The summed E-state index contributed by atoms with van der Waals surface area (Å²) in [6, 6.07) is 21.1. The van der Waals surface area contributed by atoms with Crippen molar-refractivity contribution in [2.45, 2.75) is 26.5 Å². The van der Waals surface area contributed by atoms with E-state index in [0.717, 1.165) is 5.56 Å². The molecule has 4 rings (SSSR count). The third-order valence-corrected chi connectivity index (χ3v) is 5.47. The van der Waals surface area contributed by atoms with E-state index in [1.165, 1.54) is 17.9 Å². The van der Waals surface area contributed by atoms with Crippen LogP contribution in [0.25, 0.3) is 10.8 Å². The van der Waals surface area contributed by atoms with Gasteiger partial charge in [-0.05, 0) is 36.2 Å². The standard InChI is InChI=1S/C27H26N4O5/c1-3-15-31-27(34)21-12-8-7-11-20(21)24(30-31)26(33)29-28-25(32)19-13-14-22(23(16-19)35-2)36-17-18-9-5-4-6-10-18/h4-14,16H,3,15,17H2,1-2H3,(H,28,32)(H,29,33). The number of rotatable bonds is 8. The summed E-state index contributed by atoms with van der Waals surface area (Å²) in [6.07, 6.45) is 0.677. The summed E-state index contributed by atoms with van der Waals surface area (Å²) in [6.45, 7) is 2.63. The van der Waals surface area contributed by atoms with Gasteiger partial charge in [-0.2, -0.15) is 5.10 Å². The first-order valence-corrected chi connectivity index (χ1v) is 11.5. The second-order valence-electron chi connectivity index (χ2n) is 7.97. The zero-order chi connectivity index (χ0) is 25.5. The molecule has 3 aromatic carbocycles. The first kappa shape index (κ1) is 24.5. The van der Waals surface area contributed by atoms with Gasteiger partial charge in [-0.1, -0.05) is 55.5 Å². The number of aromatic nitrogens is 2. The molecule has 0 spiro atoms. The Hall–Kier alpha value is -4.66. The predicted molar refractivity (Wildman–Crippen MR) is 135 cm³/mol. The highest BCUT2D eigenvalue weighted by Gasteiger charge is 2.18. The van der Waals surface area contributed by atoms with E-state index in [2.05, 4.69) is 16.0 Å². The number of benzene rings is 3. The molecule has 0 atom stereocenters. The first-order valence-electron chi connectivity index (χ1n) is 11.5. The monoisotopic (exact) mass is 486 g/mol. The van der Waals surface area contributed by atoms with Gasteiger partial charge in [-0.3, -0.25) is 25.2 Å². The molecule has 4 aromatic rings. The van der Waals surface area contributed by atoms with E-state index in [1.807, 2.05) is 37.3 Å². The van der Waals surface area contributed by atoms with E-state index in [4.69, 9.17) is 9.47 Å². The van der Waals surface area contributed by atoms with Crippen LogP contribution in [0.1, 0.15) is 39.8 Å². The molecule has 9 nitrogen and oxygen atoms in total. The number of hydrogen-bond acceptors (Lipinski definition) is 6. The maximum absolute atomic E-state index is 12.9. The Kier molecular flexibility index (Phi) is 7.60. The fourth-order valence-electron chi connectivity index (χ4n) is 3.67. The zero-order valence-electron chi connectivity index (χ0n) is 20.0. The second-order valence-corrected chi connectivity index (χ2v) is 7.97. The molecule has 0 saturated carbocycles. The fourth-order valence-corrected chi connectivity index (χ4v) is 3.67. The Labute approximate surface area is 207 Å². The highest BCUT2D eigenvalue weighted by molar-refractivity contribution is 6.06. The molecular weight excluding hydrogens is 460 g/mol. The van der Waals surface area contributed by atoms with Crippen molar-refractivity contribution in [3.05, 3.63) is 100.0 Å². The minimum absolute atomic E-state index is 0.0428. The van der Waals surface area contributed by atoms with Gasteiger partial charge < -0.3 is 9.47 Å². The van der Waals surface area contributed by atoms with Gasteiger partial charge in [0.25, 0.3) is 17.4 Å². The van der Waals surface area contributed by atoms with Crippen LogP contribution in [-0.4, -0.2) is 28.7 Å². The molecule has 0 radical (unpaired) electrons. The number of hydrogen-bond donors (Lipinski definition) is 2. The van der Waals surface area contributed by atoms with Crippen LogP contribution in [-0.2, 0) is 13.2 Å². The summed E-state index contributed by atoms with van der Waals surface area (Å²) < 4.78 is 12.5. The van der Waals surface area contributed by atoms with Gasteiger partial charge in [0, 0.05) is 17.5 Å². The number of hydrazine groups is 1. The Morgan fingerprint density at radius 3 is 2.31 bits per heavy atom. The SMILES string of the molecule is CCCn1nc(C(=O)NNC(=O)c2ccc(OCc3ccccc3)c(OC)c2)c2ccccc2c1=O. The topological polar surface area (TPSA) is 112 Å². The van der Waals surface area contributed by atoms with Crippen LogP contribution in [0.3, 0.4) is 0 Å². The summed E-state index contributed by atoms with van der Waals surface area (Å²) in [7, 11) is 1.48. The average Bonchev–Trinajstić information content (AvgIpc) is 2.92. The van der Waals surface area contributed by atoms with Crippen LogP contribution in [0.2, 0.25) is 0 Å². The van der Waals surface area contributed by atoms with Crippen LogP contribution in [0.5, 0.6) is 11.5 Å². The number of aryl methyl sites for hydroxylation is 1. The number of amides is 2. The van der Waals surface area contributed by atoms with Gasteiger partial charge in [0.15, 0.2) is 17.2 Å². The third kappa shape index (κ3) is 5.35. The minimum atomic E-state index is -0.640. The third-order valence-electron chi connectivity index (χ3n) is 5.47. The lowest BCUT2D eigenvalue weighted by atomic mass is 10.1. The molecule has 1 heterocycles. The van der Waals surface area contributed by atoms with Crippen LogP contribution < -0.4 is 25.9 Å². The van der Waals surface area contributed by atoms with Gasteiger partial charge in [0.05, 0.1) is 12.5 Å². The molecule has 0 aliphatic carbocycles. The van der Waals surface area contributed by atoms with Gasteiger partial charge in [0.2, 0.25) is 0 Å². The fraction of sp³-hybridized carbons (Fsp3) is 0.185. The first-order chi connectivity index (χ1) is 17.5. The van der Waals surface area contributed by atoms with Crippen LogP contribution in [0, 0.1) is 0 Å². The highest BCUT2D eigenvalue weighted by atomic mass is 16.5. The van der Waals surface area contributed by atoms with E-state index in [9.17, 15) is 14.4 Å². The molecule has 0 bridgehead atoms. The van der Waals surface area contributed by atoms with Crippen molar-refractivity contribution >= 4 is 22.6 Å². The number of ether oxygens (including phenoxy) is 2. The lowest BCUT2D eigenvalue weighted by Gasteiger charge is -2.13. The summed E-state index contributed by atoms with van der Waals surface area (Å²) in [5.41, 5.74) is 5.81. The van der Waals surface area contributed by atoms with Crippen LogP contribution in [0.15, 0.2) is 77.6 Å². The molecule has 0 saturated heterocycles. The molecule has 36 heavy (non-hydrogen) atoms. The van der Waals surface area contributed by atoms with Crippen molar-refractivity contribution in [1.82, 2.24) is 20.6 Å². The Bertz CT molecular complexity index is 1450. The maximum atomic E-state index is 12.9. The van der Waals surface area contributed by atoms with E-state index in [1.54, 1.807) is 36.4 Å². The van der Waals surface area contributed by atoms with Gasteiger partial charge in [-0.15, -0.1) is 0 Å². The zero-order valence-corrected chi connectivity index (χ0v) is 20.0. The number of carbonyl (C=O) groups excluding carboxylic acids is 2. The lowest BCUT2D eigenvalue weighted by molar-refractivity contribution is 0.0843. The number of nitrogens with zero attached hydrogens (tertiary/aromatic N) is 2. The number of carbonyl (C=O) groups is 2. The van der Waals surface area contributed by atoms with E-state index in [-0.39, 0.29) is 16.8 Å². The van der Waals surface area contributed by atoms with E-state index < -0.39 is 11.8 Å². The minimum Gasteiger partial charge on any atom is -0.493 e. The molecule has 9 heteroatoms. The molecule has 0 aliphatic heterocycles. The molecule has 0 unspecified atom stereocenters. The summed E-state index contributed by atoms with van der Waals surface area (Å²) in [5, 5.41) is 5.02. The Balaban J connectivity index is 1.48. The molecule has 2 amide bonds. The number of methoxy groups -OCH3 is 1. The second kappa shape index (κ2) is 11.2. The maximum Gasteiger partial charge on any atom is 0.290 e. The molecular formula is C27H26N4O5. The lowest BCUT2D eigenvalue weighted by Crippen LogP contribution is -2.42. The highest BCUT2D eigenvalue weighted by Crippen LogP contribution is 2.28. The number of fused-ring (bicyclic) bond motifs is 1. The Morgan fingerprint density at radius 1 is 0.889 bits per heavy atom. The summed E-state index contributed by atoms with van der Waals surface area (Å²) >= 11 is 0. The van der Waals surface area contributed by atoms with Crippen molar-refractivity contribution in [2.24, 2.45) is 0 Å². The van der Waals surface area contributed by atoms with Crippen LogP contribution in [0.4, 0.5) is 0 Å². The van der Waals surface area contributed by atoms with Crippen LogP contribution >= 0.6 is 0 Å². The van der Waals surface area contributed by atoms with Crippen molar-refractivity contribution in [2.75, 3.05) is 7.11 Å². The van der Waals surface area contributed by atoms with Crippen molar-refractivity contribution in [3.63, 3.8) is 0 Å². The van der Waals surface area contributed by atoms with Crippen molar-refractivity contribution in [3.8, 4) is 11.5 Å². The normalized spacial score (nSPS) is 10.6. The molecule has 184 valence electrons. The molecule has 0 fully saturated rings. The summed E-state index contributed by atoms with van der Waals surface area (Å²) in [4.78, 5) is 38.3. The van der Waals surface area contributed by atoms with Gasteiger partial charge in [0.1, 0.15) is 6.61 Å². The van der Waals surface area contributed by atoms with Gasteiger partial charge in [-0.25, -0.2) is 4.68 Å². The summed E-state index contributed by atoms with van der Waals surface area (Å²) in [5.74, 6) is -0.332. The number of nitrogens with one attached hydrogen (secondary N) is 2. The van der Waals surface area contributed by atoms with Crippen molar-refractivity contribution in [1.29, 1.82) is 0 Å². The average molecular weight is 487 g/mol. The predicted octanol–water partition coefficient (Wildman–Crippen LogP) is 3.47. The molecule has 1 aromatic heterocycles. The Morgan fingerprint density at radius 2 is 1.58 bits per heavy atom. The van der Waals surface area contributed by atoms with E-state index in [0.29, 0.717) is 41.8 Å². The molecule has 0 aliphatic rings. The smallest absolute Gasteiger partial charge is 0.290 e. The van der Waals surface area contributed by atoms with Gasteiger partial charge >= 0.3 is 0 Å². The molecule has 2 N–H and O–H groups in total.